The van der Waals surface area contributed by atoms with Gasteiger partial charge >= 0.3 is 0 Å². The zero-order valence-electron chi connectivity index (χ0n) is 9.24. The topological polar surface area (TPSA) is 35.5 Å². The van der Waals surface area contributed by atoms with Gasteiger partial charge in [0.15, 0.2) is 12.1 Å². The van der Waals surface area contributed by atoms with Gasteiger partial charge in [-0.05, 0) is 39.3 Å². The molecule has 1 aliphatic heterocycles. The Morgan fingerprint density at radius 1 is 1.50 bits per heavy atom. The molecule has 0 radical (unpaired) electrons. The molecule has 0 bridgehead atoms. The summed E-state index contributed by atoms with van der Waals surface area (Å²) >= 11 is 0. The highest BCUT2D eigenvalue weighted by Crippen LogP contribution is 2.18. The largest absolute Gasteiger partial charge is 0.343 e. The molecule has 0 saturated heterocycles. The summed E-state index contributed by atoms with van der Waals surface area (Å²) < 4.78 is 11.1. The SMILES string of the molecule is CCC1OC(OC(C)(C)C)C=CC1=O. The lowest BCUT2D eigenvalue weighted by atomic mass is 10.1. The minimum Gasteiger partial charge on any atom is -0.343 e. The molecule has 1 heterocycles. The minimum atomic E-state index is -0.391. The van der Waals surface area contributed by atoms with E-state index in [-0.39, 0.29) is 17.5 Å². The highest BCUT2D eigenvalue weighted by Gasteiger charge is 2.26. The predicted octanol–water partition coefficient (Wildman–Crippen LogP) is 2.06. The van der Waals surface area contributed by atoms with E-state index in [1.807, 2.05) is 27.7 Å². The Hall–Kier alpha value is -0.670. The Balaban J connectivity index is 2.58. The van der Waals surface area contributed by atoms with Crippen LogP contribution >= 0.6 is 0 Å². The Bertz CT molecular complexity index is 237. The van der Waals surface area contributed by atoms with Gasteiger partial charge in [-0.1, -0.05) is 6.92 Å². The molecule has 2 atom stereocenters. The molecule has 0 saturated carbocycles. The second-order valence-electron chi connectivity index (χ2n) is 4.39. The summed E-state index contributed by atoms with van der Waals surface area (Å²) in [7, 11) is 0. The van der Waals surface area contributed by atoms with Crippen LogP contribution in [-0.2, 0) is 14.3 Å². The highest BCUT2D eigenvalue weighted by molar-refractivity contribution is 5.94. The fourth-order valence-electron chi connectivity index (χ4n) is 1.27. The van der Waals surface area contributed by atoms with Gasteiger partial charge in [-0.2, -0.15) is 0 Å². The van der Waals surface area contributed by atoms with Gasteiger partial charge in [0.05, 0.1) is 5.60 Å². The van der Waals surface area contributed by atoms with Crippen molar-refractivity contribution in [2.24, 2.45) is 0 Å². The van der Waals surface area contributed by atoms with Crippen LogP contribution in [0.15, 0.2) is 12.2 Å². The molecule has 0 aromatic rings. The number of hydrogen-bond donors (Lipinski definition) is 0. The van der Waals surface area contributed by atoms with Gasteiger partial charge in [0.2, 0.25) is 0 Å². The molecule has 0 N–H and O–H groups in total. The summed E-state index contributed by atoms with van der Waals surface area (Å²) in [6, 6.07) is 0. The van der Waals surface area contributed by atoms with Crippen molar-refractivity contribution in [3.63, 3.8) is 0 Å². The standard InChI is InChI=1S/C11H18O3/c1-5-9-8(12)6-7-10(13-9)14-11(2,3)4/h6-7,9-10H,5H2,1-4H3. The number of hydrogen-bond acceptors (Lipinski definition) is 3. The van der Waals surface area contributed by atoms with Crippen LogP contribution in [0.25, 0.3) is 0 Å². The first kappa shape index (κ1) is 11.4. The number of ketones is 1. The molecule has 0 amide bonds. The third-order valence-corrected chi connectivity index (χ3v) is 1.87. The van der Waals surface area contributed by atoms with Crippen LogP contribution in [0.5, 0.6) is 0 Å². The van der Waals surface area contributed by atoms with Crippen LogP contribution < -0.4 is 0 Å². The molecule has 80 valence electrons. The van der Waals surface area contributed by atoms with E-state index < -0.39 is 6.29 Å². The molecule has 2 unspecified atom stereocenters. The molecular formula is C11H18O3. The van der Waals surface area contributed by atoms with Gasteiger partial charge in [0, 0.05) is 0 Å². The first-order chi connectivity index (χ1) is 6.42. The maximum absolute atomic E-state index is 11.3. The van der Waals surface area contributed by atoms with Crippen molar-refractivity contribution in [1.29, 1.82) is 0 Å². The molecule has 0 aromatic carbocycles. The van der Waals surface area contributed by atoms with E-state index in [2.05, 4.69) is 0 Å². The minimum absolute atomic E-state index is 0.0289. The predicted molar refractivity (Wildman–Crippen MR) is 53.9 cm³/mol. The van der Waals surface area contributed by atoms with Crippen molar-refractivity contribution in [2.75, 3.05) is 0 Å². The van der Waals surface area contributed by atoms with Crippen LogP contribution in [0.1, 0.15) is 34.1 Å². The number of carbonyl (C=O) groups excluding carboxylic acids is 1. The number of ether oxygens (including phenoxy) is 2. The monoisotopic (exact) mass is 198 g/mol. The highest BCUT2D eigenvalue weighted by atomic mass is 16.7. The second-order valence-corrected chi connectivity index (χ2v) is 4.39. The van der Waals surface area contributed by atoms with E-state index in [0.717, 1.165) is 0 Å². The lowest BCUT2D eigenvalue weighted by Gasteiger charge is -2.30. The molecule has 1 aliphatic rings. The van der Waals surface area contributed by atoms with Crippen molar-refractivity contribution < 1.29 is 14.3 Å². The molecule has 0 aliphatic carbocycles. The Kier molecular flexibility index (Phi) is 3.45. The number of rotatable bonds is 2. The van der Waals surface area contributed by atoms with Crippen molar-refractivity contribution in [3.8, 4) is 0 Å². The summed E-state index contributed by atoms with van der Waals surface area (Å²) in [5, 5.41) is 0. The van der Waals surface area contributed by atoms with Crippen molar-refractivity contribution in [1.82, 2.24) is 0 Å². The molecule has 14 heavy (non-hydrogen) atoms. The van der Waals surface area contributed by atoms with Crippen LogP contribution in [0.4, 0.5) is 0 Å². The van der Waals surface area contributed by atoms with E-state index in [1.165, 1.54) is 0 Å². The third kappa shape index (κ3) is 3.24. The normalized spacial score (nSPS) is 28.1. The average Bonchev–Trinajstić information content (AvgIpc) is 2.06. The van der Waals surface area contributed by atoms with E-state index in [0.29, 0.717) is 6.42 Å². The third-order valence-electron chi connectivity index (χ3n) is 1.87. The van der Waals surface area contributed by atoms with Crippen LogP contribution in [-0.4, -0.2) is 23.8 Å². The lowest BCUT2D eigenvalue weighted by molar-refractivity contribution is -0.195. The maximum atomic E-state index is 11.3. The van der Waals surface area contributed by atoms with Gasteiger partial charge in [-0.3, -0.25) is 4.79 Å². The van der Waals surface area contributed by atoms with Gasteiger partial charge in [0.1, 0.15) is 6.10 Å². The Morgan fingerprint density at radius 3 is 2.64 bits per heavy atom. The van der Waals surface area contributed by atoms with Crippen LogP contribution in [0.2, 0.25) is 0 Å². The van der Waals surface area contributed by atoms with Crippen LogP contribution in [0.3, 0.4) is 0 Å². The number of carbonyl (C=O) groups is 1. The summed E-state index contributed by atoms with van der Waals surface area (Å²) in [6.45, 7) is 7.81. The summed E-state index contributed by atoms with van der Waals surface area (Å²) in [6.07, 6.45) is 3.17. The molecule has 0 fully saturated rings. The fourth-order valence-corrected chi connectivity index (χ4v) is 1.27. The van der Waals surface area contributed by atoms with Gasteiger partial charge in [-0.25, -0.2) is 0 Å². The molecule has 0 spiro atoms. The van der Waals surface area contributed by atoms with Gasteiger partial charge in [0.25, 0.3) is 0 Å². The van der Waals surface area contributed by atoms with E-state index in [4.69, 9.17) is 9.47 Å². The second kappa shape index (κ2) is 4.24. The van der Waals surface area contributed by atoms with Crippen molar-refractivity contribution >= 4 is 5.78 Å². The smallest absolute Gasteiger partial charge is 0.184 e. The molecular weight excluding hydrogens is 180 g/mol. The van der Waals surface area contributed by atoms with Crippen LogP contribution in [0, 0.1) is 0 Å². The van der Waals surface area contributed by atoms with E-state index in [9.17, 15) is 4.79 Å². The quantitative estimate of drug-likeness (QED) is 0.681. The van der Waals surface area contributed by atoms with Crippen molar-refractivity contribution in [3.05, 3.63) is 12.2 Å². The van der Waals surface area contributed by atoms with E-state index >= 15 is 0 Å². The Morgan fingerprint density at radius 2 is 2.14 bits per heavy atom. The zero-order chi connectivity index (χ0) is 10.8. The Labute approximate surface area is 85.1 Å². The first-order valence-electron chi connectivity index (χ1n) is 4.97. The zero-order valence-corrected chi connectivity index (χ0v) is 9.24. The molecule has 3 nitrogen and oxygen atoms in total. The summed E-state index contributed by atoms with van der Waals surface area (Å²) in [5.41, 5.74) is -0.256. The lowest BCUT2D eigenvalue weighted by Crippen LogP contribution is -2.36. The molecule has 3 heteroatoms. The fraction of sp³-hybridized carbons (Fsp3) is 0.727. The average molecular weight is 198 g/mol. The summed E-state index contributed by atoms with van der Waals surface area (Å²) in [5.74, 6) is 0.0289. The van der Waals surface area contributed by atoms with Gasteiger partial charge < -0.3 is 9.47 Å². The molecule has 0 aromatic heterocycles. The van der Waals surface area contributed by atoms with Crippen molar-refractivity contribution in [2.45, 2.75) is 52.1 Å². The maximum Gasteiger partial charge on any atom is 0.184 e. The summed E-state index contributed by atoms with van der Waals surface area (Å²) in [4.78, 5) is 11.3. The first-order valence-corrected chi connectivity index (χ1v) is 4.97. The van der Waals surface area contributed by atoms with Gasteiger partial charge in [-0.15, -0.1) is 0 Å². The molecule has 1 rings (SSSR count). The van der Waals surface area contributed by atoms with E-state index in [1.54, 1.807) is 12.2 Å².